The highest BCUT2D eigenvalue weighted by Crippen LogP contribution is 2.19. The smallest absolute Gasteiger partial charge is 0.249 e. The molecule has 8 heteroatoms. The van der Waals surface area contributed by atoms with Crippen LogP contribution in [0.5, 0.6) is 0 Å². The van der Waals surface area contributed by atoms with E-state index in [9.17, 15) is 19.8 Å². The molecule has 3 N–H and O–H groups in total. The predicted octanol–water partition coefficient (Wildman–Crippen LogP) is -1.11. The second-order valence-corrected chi connectivity index (χ2v) is 5.79. The minimum Gasteiger partial charge on any atom is -0.388 e. The van der Waals surface area contributed by atoms with Gasteiger partial charge in [-0.05, 0) is 13.3 Å². The number of carbonyl (C=O) groups is 2. The van der Waals surface area contributed by atoms with Gasteiger partial charge in [0, 0.05) is 13.2 Å². The number of rotatable bonds is 9. The van der Waals surface area contributed by atoms with Crippen molar-refractivity contribution in [2.75, 3.05) is 33.5 Å². The van der Waals surface area contributed by atoms with E-state index in [1.54, 1.807) is 0 Å². The van der Waals surface area contributed by atoms with Crippen molar-refractivity contribution in [1.82, 2.24) is 10.2 Å². The fraction of sp³-hybridized carbons (Fsp3) is 0.867. The SMILES string of the molecule is CCCC(C)NC(=O)[C@@H]1[C@@H](O)[C@@H](O)CN1C(=O)COCCOC. The summed E-state index contributed by atoms with van der Waals surface area (Å²) in [6.07, 6.45) is -0.736. The molecule has 1 heterocycles. The van der Waals surface area contributed by atoms with Crippen molar-refractivity contribution < 1.29 is 29.3 Å². The number of aliphatic hydroxyl groups excluding tert-OH is 2. The highest BCUT2D eigenvalue weighted by atomic mass is 16.5. The van der Waals surface area contributed by atoms with Crippen molar-refractivity contribution >= 4 is 11.8 Å². The van der Waals surface area contributed by atoms with Gasteiger partial charge in [-0.15, -0.1) is 0 Å². The molecule has 0 aliphatic carbocycles. The number of amides is 2. The van der Waals surface area contributed by atoms with Crippen molar-refractivity contribution in [2.45, 2.75) is 51.0 Å². The lowest BCUT2D eigenvalue weighted by Crippen LogP contribution is -2.53. The molecule has 0 spiro atoms. The van der Waals surface area contributed by atoms with Gasteiger partial charge in [0.15, 0.2) is 0 Å². The molecule has 134 valence electrons. The second kappa shape index (κ2) is 9.82. The number of likely N-dealkylation sites (tertiary alicyclic amines) is 1. The van der Waals surface area contributed by atoms with E-state index in [1.807, 2.05) is 13.8 Å². The number of hydrogen-bond donors (Lipinski definition) is 3. The molecule has 1 fully saturated rings. The third-order valence-corrected chi connectivity index (χ3v) is 3.79. The maximum atomic E-state index is 12.3. The van der Waals surface area contributed by atoms with Gasteiger partial charge >= 0.3 is 0 Å². The molecule has 2 amide bonds. The molecule has 0 bridgehead atoms. The molecule has 1 saturated heterocycles. The quantitative estimate of drug-likeness (QED) is 0.462. The number of ether oxygens (including phenoxy) is 2. The van der Waals surface area contributed by atoms with E-state index in [4.69, 9.17) is 9.47 Å². The van der Waals surface area contributed by atoms with Crippen LogP contribution in [0.3, 0.4) is 0 Å². The van der Waals surface area contributed by atoms with Crippen molar-refractivity contribution in [3.05, 3.63) is 0 Å². The predicted molar refractivity (Wildman–Crippen MR) is 82.7 cm³/mol. The number of methoxy groups -OCH3 is 1. The number of nitrogens with one attached hydrogen (secondary N) is 1. The molecule has 8 nitrogen and oxygen atoms in total. The Morgan fingerprint density at radius 2 is 2.04 bits per heavy atom. The van der Waals surface area contributed by atoms with Crippen LogP contribution in [0.2, 0.25) is 0 Å². The summed E-state index contributed by atoms with van der Waals surface area (Å²) in [6, 6.07) is -1.16. The highest BCUT2D eigenvalue weighted by Gasteiger charge is 2.46. The summed E-state index contributed by atoms with van der Waals surface area (Å²) >= 11 is 0. The zero-order valence-corrected chi connectivity index (χ0v) is 14.0. The third-order valence-electron chi connectivity index (χ3n) is 3.79. The zero-order valence-electron chi connectivity index (χ0n) is 14.0. The van der Waals surface area contributed by atoms with E-state index in [0.717, 1.165) is 12.8 Å². The van der Waals surface area contributed by atoms with Crippen molar-refractivity contribution in [3.63, 3.8) is 0 Å². The summed E-state index contributed by atoms with van der Waals surface area (Å²) in [5.74, 6) is -0.903. The number of β-amino-alcohol motifs (C(OH)–C–C–N with tert-alkyl or cyclic N) is 1. The lowest BCUT2D eigenvalue weighted by atomic mass is 10.1. The van der Waals surface area contributed by atoms with E-state index >= 15 is 0 Å². The van der Waals surface area contributed by atoms with E-state index in [0.29, 0.717) is 6.61 Å². The van der Waals surface area contributed by atoms with Gasteiger partial charge in [-0.1, -0.05) is 13.3 Å². The fourth-order valence-corrected chi connectivity index (χ4v) is 2.59. The van der Waals surface area contributed by atoms with Crippen LogP contribution in [-0.4, -0.2) is 84.7 Å². The van der Waals surface area contributed by atoms with Crippen LogP contribution in [0, 0.1) is 0 Å². The number of nitrogens with zero attached hydrogens (tertiary/aromatic N) is 1. The van der Waals surface area contributed by atoms with Gasteiger partial charge < -0.3 is 29.9 Å². The van der Waals surface area contributed by atoms with E-state index in [2.05, 4.69) is 5.32 Å². The molecule has 1 aliphatic rings. The molecule has 1 unspecified atom stereocenters. The van der Waals surface area contributed by atoms with Crippen LogP contribution in [0.25, 0.3) is 0 Å². The number of hydrogen-bond acceptors (Lipinski definition) is 6. The average Bonchev–Trinajstić information content (AvgIpc) is 2.79. The summed E-state index contributed by atoms with van der Waals surface area (Å²) in [4.78, 5) is 25.7. The topological polar surface area (TPSA) is 108 Å². The Hall–Kier alpha value is -1.22. The van der Waals surface area contributed by atoms with Crippen molar-refractivity contribution in [3.8, 4) is 0 Å². The second-order valence-electron chi connectivity index (χ2n) is 5.79. The van der Waals surface area contributed by atoms with E-state index in [-0.39, 0.29) is 25.8 Å². The molecule has 1 rings (SSSR count). The molecule has 23 heavy (non-hydrogen) atoms. The van der Waals surface area contributed by atoms with Gasteiger partial charge in [0.05, 0.1) is 25.9 Å². The van der Waals surface area contributed by atoms with Gasteiger partial charge in [-0.2, -0.15) is 0 Å². The number of carbonyl (C=O) groups excluding carboxylic acids is 2. The minimum absolute atomic E-state index is 0.0626. The normalized spacial score (nSPS) is 25.4. The highest BCUT2D eigenvalue weighted by molar-refractivity contribution is 5.89. The average molecular weight is 332 g/mol. The standard InChI is InChI=1S/C15H28N2O6/c1-4-5-10(2)16-15(21)13-14(20)11(18)8-17(13)12(19)9-23-7-6-22-3/h10-11,13-14,18,20H,4-9H2,1-3H3,(H,16,21)/t10?,11-,13-,14-/m0/s1. The first-order valence-electron chi connectivity index (χ1n) is 7.95. The Balaban J connectivity index is 2.65. The molecule has 0 aromatic heterocycles. The molecule has 4 atom stereocenters. The maximum absolute atomic E-state index is 12.3. The summed E-state index contributed by atoms with van der Waals surface area (Å²) < 4.78 is 9.97. The van der Waals surface area contributed by atoms with Crippen LogP contribution in [-0.2, 0) is 19.1 Å². The molecule has 0 aromatic carbocycles. The van der Waals surface area contributed by atoms with Gasteiger partial charge in [0.1, 0.15) is 18.8 Å². The van der Waals surface area contributed by atoms with E-state index in [1.165, 1.54) is 12.0 Å². The lowest BCUT2D eigenvalue weighted by molar-refractivity contribution is -0.144. The summed E-state index contributed by atoms with van der Waals surface area (Å²) in [6.45, 7) is 4.16. The largest absolute Gasteiger partial charge is 0.388 e. The Bertz CT molecular complexity index is 392. The molecule has 0 saturated carbocycles. The molecular weight excluding hydrogens is 304 g/mol. The monoisotopic (exact) mass is 332 g/mol. The number of aliphatic hydroxyl groups is 2. The first kappa shape index (κ1) is 19.8. The fourth-order valence-electron chi connectivity index (χ4n) is 2.59. The minimum atomic E-state index is -1.30. The zero-order chi connectivity index (χ0) is 17.4. The van der Waals surface area contributed by atoms with Gasteiger partial charge in [0.2, 0.25) is 11.8 Å². The van der Waals surface area contributed by atoms with Gasteiger partial charge in [-0.25, -0.2) is 0 Å². The lowest BCUT2D eigenvalue weighted by Gasteiger charge is -2.26. The Labute approximate surface area is 136 Å². The summed E-state index contributed by atoms with van der Waals surface area (Å²) in [7, 11) is 1.52. The Morgan fingerprint density at radius 3 is 2.65 bits per heavy atom. The van der Waals surface area contributed by atoms with Crippen LogP contribution >= 0.6 is 0 Å². The third kappa shape index (κ3) is 5.72. The Kier molecular flexibility index (Phi) is 8.46. The van der Waals surface area contributed by atoms with Crippen molar-refractivity contribution in [1.29, 1.82) is 0 Å². The van der Waals surface area contributed by atoms with Gasteiger partial charge in [-0.3, -0.25) is 9.59 Å². The first-order valence-corrected chi connectivity index (χ1v) is 7.95. The summed E-state index contributed by atoms with van der Waals surface area (Å²) in [5.41, 5.74) is 0. The molecular formula is C15H28N2O6. The maximum Gasteiger partial charge on any atom is 0.249 e. The van der Waals surface area contributed by atoms with Crippen LogP contribution in [0.4, 0.5) is 0 Å². The molecule has 0 aromatic rings. The van der Waals surface area contributed by atoms with Crippen molar-refractivity contribution in [2.24, 2.45) is 0 Å². The summed E-state index contributed by atoms with van der Waals surface area (Å²) in [5, 5.41) is 22.6. The van der Waals surface area contributed by atoms with Crippen LogP contribution < -0.4 is 5.32 Å². The van der Waals surface area contributed by atoms with E-state index < -0.39 is 30.1 Å². The van der Waals surface area contributed by atoms with Crippen LogP contribution in [0.1, 0.15) is 26.7 Å². The Morgan fingerprint density at radius 1 is 1.35 bits per heavy atom. The first-order chi connectivity index (χ1) is 10.9. The van der Waals surface area contributed by atoms with Crippen LogP contribution in [0.15, 0.2) is 0 Å². The molecule has 0 radical (unpaired) electrons. The molecule has 1 aliphatic heterocycles. The van der Waals surface area contributed by atoms with Gasteiger partial charge in [0.25, 0.3) is 0 Å².